The molecule has 3 nitrogen and oxygen atoms in total. The Hall–Kier alpha value is -3.07. The van der Waals surface area contributed by atoms with Gasteiger partial charge in [-0.3, -0.25) is 9.20 Å². The van der Waals surface area contributed by atoms with Crippen LogP contribution < -0.4 is 0 Å². The Morgan fingerprint density at radius 1 is 0.929 bits per heavy atom. The number of imidazole rings is 1. The zero-order valence-electron chi connectivity index (χ0n) is 16.2. The summed E-state index contributed by atoms with van der Waals surface area (Å²) in [6.07, 6.45) is 6.01. The maximum atomic E-state index is 13.1. The van der Waals surface area contributed by atoms with Crippen molar-refractivity contribution in [1.29, 1.82) is 0 Å². The minimum Gasteiger partial charge on any atom is -0.325 e. The lowest BCUT2D eigenvalue weighted by Crippen LogP contribution is -2.03. The van der Waals surface area contributed by atoms with Gasteiger partial charge in [-0.2, -0.15) is 0 Å². The van der Waals surface area contributed by atoms with Crippen LogP contribution in [0.2, 0.25) is 0 Å². The fraction of sp³-hybridized carbons (Fsp3) is 0.240. The van der Waals surface area contributed by atoms with Gasteiger partial charge < -0.3 is 4.57 Å². The fourth-order valence-corrected chi connectivity index (χ4v) is 4.58. The smallest absolute Gasteiger partial charge is 0.179 e. The Bertz CT molecular complexity index is 1150. The number of nitrogens with zero attached hydrogens (tertiary/aromatic N) is 2. The van der Waals surface area contributed by atoms with E-state index in [2.05, 4.69) is 63.7 Å². The van der Waals surface area contributed by atoms with E-state index in [4.69, 9.17) is 0 Å². The number of carbonyl (C=O) groups is 1. The molecule has 5 rings (SSSR count). The Labute approximate surface area is 165 Å². The molecule has 28 heavy (non-hydrogen) atoms. The second-order valence-electron chi connectivity index (χ2n) is 7.53. The Morgan fingerprint density at radius 2 is 1.61 bits per heavy atom. The molecule has 1 aliphatic heterocycles. The van der Waals surface area contributed by atoms with E-state index in [0.717, 1.165) is 42.6 Å². The van der Waals surface area contributed by atoms with Gasteiger partial charge in [-0.15, -0.1) is 0 Å². The standard InChI is InChI=1S/C25H24N2O/c1-2-22(28)24-23(19-13-7-4-8-14-19)20-15-9-10-16-26-21(17-27(24)25(20)26)18-11-5-3-6-12-18/h3-8,11-14,17H,2,9-10,15-16H2,1H3. The Balaban J connectivity index is 1.88. The molecule has 0 N–H and O–H groups in total. The SMILES string of the molecule is CCC(=O)c1c(-c2ccccc2)c2c3n(c(-c4ccccc4)cn13)CCCC2. The van der Waals surface area contributed by atoms with Gasteiger partial charge in [0.25, 0.3) is 0 Å². The summed E-state index contributed by atoms with van der Waals surface area (Å²) in [6, 6.07) is 20.9. The van der Waals surface area contributed by atoms with Crippen molar-refractivity contribution in [2.24, 2.45) is 0 Å². The minimum absolute atomic E-state index is 0.206. The van der Waals surface area contributed by atoms with E-state index in [1.54, 1.807) is 0 Å². The fourth-order valence-electron chi connectivity index (χ4n) is 4.58. The molecule has 0 radical (unpaired) electrons. The number of carbonyl (C=O) groups excluding carboxylic acids is 1. The van der Waals surface area contributed by atoms with Gasteiger partial charge >= 0.3 is 0 Å². The largest absolute Gasteiger partial charge is 0.325 e. The minimum atomic E-state index is 0.206. The van der Waals surface area contributed by atoms with Crippen molar-refractivity contribution in [3.05, 3.63) is 78.1 Å². The summed E-state index contributed by atoms with van der Waals surface area (Å²) < 4.78 is 4.60. The van der Waals surface area contributed by atoms with Gasteiger partial charge in [0.2, 0.25) is 0 Å². The molecule has 0 saturated heterocycles. The molecule has 0 saturated carbocycles. The van der Waals surface area contributed by atoms with Crippen molar-refractivity contribution < 1.29 is 4.79 Å². The first kappa shape index (κ1) is 17.1. The van der Waals surface area contributed by atoms with Crippen LogP contribution in [-0.4, -0.2) is 14.8 Å². The monoisotopic (exact) mass is 368 g/mol. The zero-order chi connectivity index (χ0) is 19.1. The van der Waals surface area contributed by atoms with Gasteiger partial charge in [-0.25, -0.2) is 0 Å². The van der Waals surface area contributed by atoms with E-state index in [0.29, 0.717) is 6.42 Å². The van der Waals surface area contributed by atoms with Crippen molar-refractivity contribution in [2.75, 3.05) is 0 Å². The number of hydrogen-bond donors (Lipinski definition) is 0. The van der Waals surface area contributed by atoms with Crippen LogP contribution in [0, 0.1) is 0 Å². The molecule has 0 spiro atoms. The highest BCUT2D eigenvalue weighted by atomic mass is 16.1. The molecule has 140 valence electrons. The van der Waals surface area contributed by atoms with Gasteiger partial charge in [0.15, 0.2) is 5.78 Å². The Kier molecular flexibility index (Phi) is 4.16. The zero-order valence-corrected chi connectivity index (χ0v) is 16.2. The summed E-state index contributed by atoms with van der Waals surface area (Å²) in [5.74, 6) is 0.206. The third kappa shape index (κ3) is 2.54. The predicted octanol–water partition coefficient (Wildman–Crippen LogP) is 6.00. The molecule has 0 atom stereocenters. The highest BCUT2D eigenvalue weighted by Crippen LogP contribution is 2.39. The van der Waals surface area contributed by atoms with Gasteiger partial charge in [0.05, 0.1) is 11.4 Å². The molecule has 3 heteroatoms. The average molecular weight is 368 g/mol. The molecule has 0 aliphatic carbocycles. The van der Waals surface area contributed by atoms with Crippen LogP contribution >= 0.6 is 0 Å². The third-order valence-corrected chi connectivity index (χ3v) is 5.85. The quantitative estimate of drug-likeness (QED) is 0.406. The van der Waals surface area contributed by atoms with E-state index in [-0.39, 0.29) is 5.78 Å². The topological polar surface area (TPSA) is 26.4 Å². The average Bonchev–Trinajstić information content (AvgIpc) is 3.17. The van der Waals surface area contributed by atoms with E-state index in [1.165, 1.54) is 22.5 Å². The molecule has 2 aromatic heterocycles. The lowest BCUT2D eigenvalue weighted by atomic mass is 9.96. The van der Waals surface area contributed by atoms with E-state index < -0.39 is 0 Å². The molecule has 0 unspecified atom stereocenters. The van der Waals surface area contributed by atoms with Crippen LogP contribution in [0.3, 0.4) is 0 Å². The third-order valence-electron chi connectivity index (χ3n) is 5.85. The van der Waals surface area contributed by atoms with Crippen LogP contribution in [0.1, 0.15) is 42.2 Å². The maximum absolute atomic E-state index is 13.1. The summed E-state index contributed by atoms with van der Waals surface area (Å²) in [5, 5.41) is 0. The van der Waals surface area contributed by atoms with Crippen molar-refractivity contribution in [3.63, 3.8) is 0 Å². The van der Waals surface area contributed by atoms with Crippen molar-refractivity contribution >= 4 is 11.4 Å². The molecule has 0 amide bonds. The highest BCUT2D eigenvalue weighted by Gasteiger charge is 2.28. The summed E-state index contributed by atoms with van der Waals surface area (Å²) in [6.45, 7) is 2.95. The molecule has 0 bridgehead atoms. The first-order chi connectivity index (χ1) is 13.8. The number of ketones is 1. The number of benzene rings is 2. The van der Waals surface area contributed by atoms with Crippen LogP contribution in [0.4, 0.5) is 0 Å². The maximum Gasteiger partial charge on any atom is 0.179 e. The Morgan fingerprint density at radius 3 is 2.29 bits per heavy atom. The highest BCUT2D eigenvalue weighted by molar-refractivity contribution is 6.04. The number of aromatic nitrogens is 2. The molecular weight excluding hydrogens is 344 g/mol. The normalized spacial score (nSPS) is 13.6. The van der Waals surface area contributed by atoms with E-state index in [9.17, 15) is 4.79 Å². The second-order valence-corrected chi connectivity index (χ2v) is 7.53. The second kappa shape index (κ2) is 6.83. The van der Waals surface area contributed by atoms with Gasteiger partial charge in [-0.1, -0.05) is 67.6 Å². The summed E-state index contributed by atoms with van der Waals surface area (Å²) >= 11 is 0. The molecule has 2 aromatic carbocycles. The number of Topliss-reactive ketones (excluding diaryl/α,β-unsaturated/α-hetero) is 1. The molecule has 4 aromatic rings. The van der Waals surface area contributed by atoms with Gasteiger partial charge in [0.1, 0.15) is 5.65 Å². The number of aryl methyl sites for hydroxylation is 2. The van der Waals surface area contributed by atoms with Gasteiger partial charge in [0, 0.05) is 30.3 Å². The summed E-state index contributed by atoms with van der Waals surface area (Å²) in [4.78, 5) is 13.1. The first-order valence-electron chi connectivity index (χ1n) is 10.2. The van der Waals surface area contributed by atoms with Crippen LogP contribution in [0.15, 0.2) is 66.9 Å². The summed E-state index contributed by atoms with van der Waals surface area (Å²) in [5.41, 5.74) is 8.05. The lowest BCUT2D eigenvalue weighted by molar-refractivity contribution is 0.0983. The van der Waals surface area contributed by atoms with Crippen LogP contribution in [0.25, 0.3) is 28.0 Å². The first-order valence-corrected chi connectivity index (χ1v) is 10.2. The molecule has 0 fully saturated rings. The number of hydrogen-bond acceptors (Lipinski definition) is 1. The van der Waals surface area contributed by atoms with E-state index >= 15 is 0 Å². The molecule has 3 heterocycles. The van der Waals surface area contributed by atoms with Crippen LogP contribution in [-0.2, 0) is 13.0 Å². The summed E-state index contributed by atoms with van der Waals surface area (Å²) in [7, 11) is 0. The molecular formula is C25H24N2O. The molecule has 1 aliphatic rings. The predicted molar refractivity (Wildman–Crippen MR) is 114 cm³/mol. The van der Waals surface area contributed by atoms with E-state index in [1.807, 2.05) is 19.1 Å². The van der Waals surface area contributed by atoms with Crippen molar-refractivity contribution in [1.82, 2.24) is 8.97 Å². The van der Waals surface area contributed by atoms with Crippen molar-refractivity contribution in [2.45, 2.75) is 39.2 Å². The van der Waals surface area contributed by atoms with Gasteiger partial charge in [-0.05, 0) is 30.4 Å². The lowest BCUT2D eigenvalue weighted by Gasteiger charge is -2.09. The van der Waals surface area contributed by atoms with Crippen molar-refractivity contribution in [3.8, 4) is 22.4 Å². The van der Waals surface area contributed by atoms with Crippen LogP contribution in [0.5, 0.6) is 0 Å². The number of rotatable bonds is 4.